The third kappa shape index (κ3) is 4.08. The smallest absolute Gasteiger partial charge is 0.302 e. The summed E-state index contributed by atoms with van der Waals surface area (Å²) in [7, 11) is 1.52. The lowest BCUT2D eigenvalue weighted by molar-refractivity contribution is -0.120. The van der Waals surface area contributed by atoms with Gasteiger partial charge in [0.15, 0.2) is 23.8 Å². The Hall–Kier alpha value is -3.35. The first-order chi connectivity index (χ1) is 13.0. The van der Waals surface area contributed by atoms with Crippen molar-refractivity contribution in [2.24, 2.45) is 10.2 Å². The van der Waals surface area contributed by atoms with Crippen molar-refractivity contribution in [3.8, 4) is 17.4 Å². The molecule has 0 spiro atoms. The summed E-state index contributed by atoms with van der Waals surface area (Å²) >= 11 is 0. The Morgan fingerprint density at radius 1 is 1.19 bits per heavy atom. The van der Waals surface area contributed by atoms with Gasteiger partial charge in [-0.2, -0.15) is 0 Å². The van der Waals surface area contributed by atoms with Crippen LogP contribution < -0.4 is 9.47 Å². The summed E-state index contributed by atoms with van der Waals surface area (Å²) in [5.41, 5.74) is 2.06. The Morgan fingerprint density at radius 3 is 2.63 bits per heavy atom. The Kier molecular flexibility index (Phi) is 5.40. The molecule has 2 aromatic carbocycles. The molecule has 7 nitrogen and oxygen atoms in total. The third-order valence-corrected chi connectivity index (χ3v) is 4.12. The fourth-order valence-corrected chi connectivity index (χ4v) is 2.65. The molecule has 1 aromatic heterocycles. The van der Waals surface area contributed by atoms with Crippen LogP contribution in [0.15, 0.2) is 52.7 Å². The molecule has 0 aliphatic carbocycles. The van der Waals surface area contributed by atoms with Gasteiger partial charge in [-0.25, -0.2) is 0 Å². The number of ether oxygens (including phenoxy) is 2. The van der Waals surface area contributed by atoms with Gasteiger partial charge in [-0.05, 0) is 35.7 Å². The van der Waals surface area contributed by atoms with E-state index in [0.717, 1.165) is 11.1 Å². The predicted octanol–water partition coefficient (Wildman–Crippen LogP) is 4.69. The zero-order chi connectivity index (χ0) is 19.4. The average Bonchev–Trinajstić information content (AvgIpc) is 2.99. The predicted molar refractivity (Wildman–Crippen MR) is 102 cm³/mol. The first-order valence-corrected chi connectivity index (χ1v) is 8.54. The van der Waals surface area contributed by atoms with Crippen molar-refractivity contribution in [1.82, 2.24) is 4.98 Å². The van der Waals surface area contributed by atoms with Gasteiger partial charge in [-0.3, -0.25) is 4.79 Å². The third-order valence-electron chi connectivity index (χ3n) is 4.12. The van der Waals surface area contributed by atoms with E-state index in [1.807, 2.05) is 18.2 Å². The van der Waals surface area contributed by atoms with E-state index in [1.165, 1.54) is 7.11 Å². The summed E-state index contributed by atoms with van der Waals surface area (Å²) in [5.74, 6) is 0.590. The minimum absolute atomic E-state index is 0.131. The van der Waals surface area contributed by atoms with Crippen molar-refractivity contribution in [3.63, 3.8) is 0 Å². The molecule has 7 heteroatoms. The molecule has 0 radical (unpaired) electrons. The van der Waals surface area contributed by atoms with Gasteiger partial charge in [0.05, 0.1) is 12.6 Å². The van der Waals surface area contributed by atoms with E-state index < -0.39 is 5.91 Å². The van der Waals surface area contributed by atoms with Crippen LogP contribution in [0.5, 0.6) is 17.4 Å². The maximum Gasteiger partial charge on any atom is 0.302 e. The summed E-state index contributed by atoms with van der Waals surface area (Å²) in [6.45, 7) is 3.87. The van der Waals surface area contributed by atoms with E-state index in [9.17, 15) is 9.90 Å². The van der Waals surface area contributed by atoms with Crippen molar-refractivity contribution < 1.29 is 19.4 Å². The summed E-state index contributed by atoms with van der Waals surface area (Å²) in [6, 6.07) is 12.8. The summed E-state index contributed by atoms with van der Waals surface area (Å²) < 4.78 is 10.6. The van der Waals surface area contributed by atoms with Crippen LogP contribution in [0.1, 0.15) is 25.3 Å². The highest BCUT2D eigenvalue weighted by Gasteiger charge is 2.13. The van der Waals surface area contributed by atoms with Gasteiger partial charge >= 0.3 is 5.91 Å². The SMILES string of the molecule is COc1ccccc1OCC(=O)N=Nc1c(O)[nH]c2ccc(C(C)C)cc12. The second-order valence-electron chi connectivity index (χ2n) is 6.32. The molecule has 1 amide bonds. The molecule has 0 atom stereocenters. The molecule has 0 aliphatic heterocycles. The quantitative estimate of drug-likeness (QED) is 0.618. The normalized spacial score (nSPS) is 11.4. The van der Waals surface area contributed by atoms with E-state index in [0.29, 0.717) is 22.8 Å². The highest BCUT2D eigenvalue weighted by molar-refractivity contribution is 5.95. The second kappa shape index (κ2) is 7.90. The fourth-order valence-electron chi connectivity index (χ4n) is 2.65. The number of aromatic hydroxyl groups is 1. The molecular formula is C20H21N3O4. The number of amides is 1. The van der Waals surface area contributed by atoms with Crippen LogP contribution in [-0.4, -0.2) is 29.7 Å². The zero-order valence-electron chi connectivity index (χ0n) is 15.4. The number of nitrogens with one attached hydrogen (secondary N) is 1. The standard InChI is InChI=1S/C20H21N3O4/c1-12(2)13-8-9-15-14(10-13)19(20(25)21-15)23-22-18(24)11-27-17-7-5-4-6-16(17)26-3/h4-10,12,21,25H,11H2,1-3H3. The van der Waals surface area contributed by atoms with Gasteiger partial charge < -0.3 is 19.6 Å². The van der Waals surface area contributed by atoms with Crippen LogP contribution in [0.3, 0.4) is 0 Å². The summed E-state index contributed by atoms with van der Waals surface area (Å²) in [4.78, 5) is 14.8. The van der Waals surface area contributed by atoms with Crippen LogP contribution in [0, 0.1) is 0 Å². The van der Waals surface area contributed by atoms with E-state index in [4.69, 9.17) is 9.47 Å². The van der Waals surface area contributed by atoms with Gasteiger partial charge in [0, 0.05) is 5.39 Å². The maximum absolute atomic E-state index is 12.0. The number of benzene rings is 2. The second-order valence-corrected chi connectivity index (χ2v) is 6.32. The van der Waals surface area contributed by atoms with Crippen molar-refractivity contribution >= 4 is 22.5 Å². The zero-order valence-corrected chi connectivity index (χ0v) is 15.4. The minimum atomic E-state index is -0.574. The monoisotopic (exact) mass is 367 g/mol. The molecule has 1 heterocycles. The molecule has 140 valence electrons. The molecule has 0 bridgehead atoms. The van der Waals surface area contributed by atoms with Crippen LogP contribution in [0.25, 0.3) is 10.9 Å². The number of rotatable bonds is 6. The van der Waals surface area contributed by atoms with Crippen molar-refractivity contribution in [3.05, 3.63) is 48.0 Å². The number of nitrogens with zero attached hydrogens (tertiary/aromatic N) is 2. The molecule has 3 aromatic rings. The highest BCUT2D eigenvalue weighted by atomic mass is 16.5. The number of para-hydroxylation sites is 2. The molecule has 0 saturated carbocycles. The molecule has 0 fully saturated rings. The number of aromatic amines is 1. The summed E-state index contributed by atoms with van der Waals surface area (Å²) in [6.07, 6.45) is 0. The molecular weight excluding hydrogens is 346 g/mol. The Labute approximate surface area is 156 Å². The first kappa shape index (κ1) is 18.4. The van der Waals surface area contributed by atoms with Gasteiger partial charge in [0.25, 0.3) is 0 Å². The number of aromatic nitrogens is 1. The van der Waals surface area contributed by atoms with Crippen molar-refractivity contribution in [2.75, 3.05) is 13.7 Å². The topological polar surface area (TPSA) is 96.3 Å². The van der Waals surface area contributed by atoms with E-state index in [-0.39, 0.29) is 18.2 Å². The number of H-pyrrole nitrogens is 1. The average molecular weight is 367 g/mol. The lowest BCUT2D eigenvalue weighted by atomic mass is 10.0. The van der Waals surface area contributed by atoms with E-state index >= 15 is 0 Å². The van der Waals surface area contributed by atoms with Crippen LogP contribution >= 0.6 is 0 Å². The fraction of sp³-hybridized carbons (Fsp3) is 0.250. The number of fused-ring (bicyclic) bond motifs is 1. The summed E-state index contributed by atoms with van der Waals surface area (Å²) in [5, 5.41) is 18.4. The maximum atomic E-state index is 12.0. The molecule has 0 saturated heterocycles. The molecule has 27 heavy (non-hydrogen) atoms. The van der Waals surface area contributed by atoms with Crippen molar-refractivity contribution in [2.45, 2.75) is 19.8 Å². The highest BCUT2D eigenvalue weighted by Crippen LogP contribution is 2.37. The van der Waals surface area contributed by atoms with Gasteiger partial charge in [0.2, 0.25) is 5.88 Å². The number of methoxy groups -OCH3 is 1. The van der Waals surface area contributed by atoms with E-state index in [2.05, 4.69) is 29.1 Å². The van der Waals surface area contributed by atoms with Crippen molar-refractivity contribution in [1.29, 1.82) is 0 Å². The number of hydrogen-bond donors (Lipinski definition) is 2. The van der Waals surface area contributed by atoms with Crippen LogP contribution in [0.2, 0.25) is 0 Å². The number of hydrogen-bond acceptors (Lipinski definition) is 5. The van der Waals surface area contributed by atoms with Crippen LogP contribution in [0.4, 0.5) is 5.69 Å². The molecule has 2 N–H and O–H groups in total. The first-order valence-electron chi connectivity index (χ1n) is 8.54. The molecule has 0 unspecified atom stereocenters. The van der Waals surface area contributed by atoms with Gasteiger partial charge in [-0.15, -0.1) is 10.2 Å². The Morgan fingerprint density at radius 2 is 1.93 bits per heavy atom. The Balaban J connectivity index is 1.76. The number of carbonyl (C=O) groups excluding carboxylic acids is 1. The minimum Gasteiger partial charge on any atom is -0.493 e. The molecule has 3 rings (SSSR count). The van der Waals surface area contributed by atoms with Gasteiger partial charge in [0.1, 0.15) is 0 Å². The molecule has 0 aliphatic rings. The largest absolute Gasteiger partial charge is 0.493 e. The van der Waals surface area contributed by atoms with Gasteiger partial charge in [-0.1, -0.05) is 32.0 Å². The lowest BCUT2D eigenvalue weighted by Crippen LogP contribution is -2.08. The van der Waals surface area contributed by atoms with E-state index in [1.54, 1.807) is 24.3 Å². The Bertz CT molecular complexity index is 992. The number of carbonyl (C=O) groups is 1. The van der Waals surface area contributed by atoms with Crippen LogP contribution in [-0.2, 0) is 4.79 Å². The lowest BCUT2D eigenvalue weighted by Gasteiger charge is -2.07. The number of azo groups is 1.